The number of rotatable bonds is 10. The summed E-state index contributed by atoms with van der Waals surface area (Å²) < 4.78 is 32.4. The highest BCUT2D eigenvalue weighted by Crippen LogP contribution is 2.29. The summed E-state index contributed by atoms with van der Waals surface area (Å²) in [7, 11) is 0. The molecule has 0 aliphatic rings. The average molecular weight is 514 g/mol. The molecule has 0 saturated carbocycles. The Morgan fingerprint density at radius 2 is 1.86 bits per heavy atom. The number of pyridine rings is 1. The first-order valence-electron chi connectivity index (χ1n) is 10.6. The maximum Gasteiger partial charge on any atom is 0.288 e. The van der Waals surface area contributed by atoms with Gasteiger partial charge in [0.15, 0.2) is 11.0 Å². The molecular weight excluding hydrogens is 492 g/mol. The lowest BCUT2D eigenvalue weighted by molar-refractivity contribution is -0.113. The van der Waals surface area contributed by atoms with Crippen molar-refractivity contribution < 1.29 is 18.3 Å². The van der Waals surface area contributed by atoms with E-state index in [4.69, 9.17) is 4.74 Å². The Kier molecular flexibility index (Phi) is 8.32. The molecule has 0 unspecified atom stereocenters. The van der Waals surface area contributed by atoms with Crippen LogP contribution in [0.15, 0.2) is 83.1 Å². The zero-order chi connectivity index (χ0) is 24.6. The SMILES string of the molecule is CCOc1ccc(-n2c(SCC(=O)Nc3ccc(SC(F)F)cc3)nnc2-c2cccnc2)cc1. The highest BCUT2D eigenvalue weighted by molar-refractivity contribution is 8.00. The van der Waals surface area contributed by atoms with Gasteiger partial charge in [0.1, 0.15) is 5.75 Å². The van der Waals surface area contributed by atoms with E-state index in [-0.39, 0.29) is 11.7 Å². The van der Waals surface area contributed by atoms with Gasteiger partial charge in [-0.3, -0.25) is 14.3 Å². The molecule has 2 heterocycles. The van der Waals surface area contributed by atoms with Crippen molar-refractivity contribution in [2.45, 2.75) is 22.7 Å². The number of carbonyl (C=O) groups is 1. The molecule has 2 aromatic heterocycles. The van der Waals surface area contributed by atoms with Gasteiger partial charge < -0.3 is 10.1 Å². The van der Waals surface area contributed by atoms with E-state index in [2.05, 4.69) is 20.5 Å². The fraction of sp³-hybridized carbons (Fsp3) is 0.167. The number of aromatic nitrogens is 4. The summed E-state index contributed by atoms with van der Waals surface area (Å²) in [5.41, 5.74) is 2.12. The Bertz CT molecular complexity index is 1250. The Morgan fingerprint density at radius 3 is 2.51 bits per heavy atom. The predicted molar refractivity (Wildman–Crippen MR) is 133 cm³/mol. The molecule has 4 rings (SSSR count). The number of hydrogen-bond donors (Lipinski definition) is 1. The van der Waals surface area contributed by atoms with Crippen molar-refractivity contribution in [2.75, 3.05) is 17.7 Å². The lowest BCUT2D eigenvalue weighted by Crippen LogP contribution is -2.14. The minimum absolute atomic E-state index is 0.0791. The Balaban J connectivity index is 1.51. The maximum absolute atomic E-state index is 12.5. The van der Waals surface area contributed by atoms with Crippen LogP contribution in [-0.4, -0.2) is 43.8 Å². The summed E-state index contributed by atoms with van der Waals surface area (Å²) >= 11 is 1.69. The zero-order valence-electron chi connectivity index (χ0n) is 18.6. The molecule has 35 heavy (non-hydrogen) atoms. The lowest BCUT2D eigenvalue weighted by Gasteiger charge is -2.11. The van der Waals surface area contributed by atoms with Crippen LogP contribution in [-0.2, 0) is 4.79 Å². The van der Waals surface area contributed by atoms with E-state index in [0.717, 1.165) is 17.0 Å². The molecule has 0 bridgehead atoms. The number of nitrogens with one attached hydrogen (secondary N) is 1. The van der Waals surface area contributed by atoms with Crippen molar-refractivity contribution in [3.8, 4) is 22.8 Å². The fourth-order valence-electron chi connectivity index (χ4n) is 3.18. The first-order valence-corrected chi connectivity index (χ1v) is 12.5. The van der Waals surface area contributed by atoms with Crippen molar-refractivity contribution in [2.24, 2.45) is 0 Å². The van der Waals surface area contributed by atoms with Gasteiger partial charge in [-0.15, -0.1) is 10.2 Å². The molecule has 0 atom stereocenters. The van der Waals surface area contributed by atoms with Crippen LogP contribution in [0.3, 0.4) is 0 Å². The van der Waals surface area contributed by atoms with E-state index in [1.165, 1.54) is 11.8 Å². The Morgan fingerprint density at radius 1 is 1.09 bits per heavy atom. The summed E-state index contributed by atoms with van der Waals surface area (Å²) in [6.45, 7) is 2.49. The molecule has 1 amide bonds. The van der Waals surface area contributed by atoms with Crippen LogP contribution in [0.4, 0.5) is 14.5 Å². The number of carbonyl (C=O) groups excluding carboxylic acids is 1. The monoisotopic (exact) mass is 513 g/mol. The van der Waals surface area contributed by atoms with Crippen LogP contribution >= 0.6 is 23.5 Å². The van der Waals surface area contributed by atoms with Gasteiger partial charge in [-0.2, -0.15) is 8.78 Å². The summed E-state index contributed by atoms with van der Waals surface area (Å²) in [4.78, 5) is 17.1. The van der Waals surface area contributed by atoms with Crippen LogP contribution in [0.25, 0.3) is 17.1 Å². The van der Waals surface area contributed by atoms with Gasteiger partial charge in [-0.25, -0.2) is 0 Å². The number of ether oxygens (including phenoxy) is 1. The number of halogens is 2. The van der Waals surface area contributed by atoms with Crippen molar-refractivity contribution in [3.63, 3.8) is 0 Å². The third-order valence-corrected chi connectivity index (χ3v) is 6.31. The summed E-state index contributed by atoms with van der Waals surface area (Å²) in [5.74, 6) is -1.32. The van der Waals surface area contributed by atoms with Gasteiger partial charge in [0.2, 0.25) is 5.91 Å². The number of benzene rings is 2. The van der Waals surface area contributed by atoms with Gasteiger partial charge in [0.25, 0.3) is 5.76 Å². The third kappa shape index (κ3) is 6.58. The molecule has 2 aromatic carbocycles. The summed E-state index contributed by atoms with van der Waals surface area (Å²) in [6, 6.07) is 17.5. The van der Waals surface area contributed by atoms with E-state index in [1.54, 1.807) is 36.7 Å². The molecular formula is C24H21F2N5O2S2. The molecule has 0 radical (unpaired) electrons. The Hall–Kier alpha value is -3.44. The molecule has 4 aromatic rings. The molecule has 0 aliphatic heterocycles. The van der Waals surface area contributed by atoms with Gasteiger partial charge in [0, 0.05) is 34.2 Å². The number of amides is 1. The maximum atomic E-state index is 12.5. The summed E-state index contributed by atoms with van der Waals surface area (Å²) in [6.07, 6.45) is 3.38. The van der Waals surface area contributed by atoms with Crippen molar-refractivity contribution in [1.29, 1.82) is 0 Å². The van der Waals surface area contributed by atoms with E-state index in [9.17, 15) is 13.6 Å². The van der Waals surface area contributed by atoms with Gasteiger partial charge in [0.05, 0.1) is 12.4 Å². The molecule has 0 saturated heterocycles. The standard InChI is InChI=1S/C24H21F2N5O2S2/c1-2-33-19-9-7-18(8-10-19)31-22(16-4-3-13-27-14-16)29-30-24(31)34-15-21(32)28-17-5-11-20(12-6-17)35-23(25)26/h3-14,23H,2,15H2,1H3,(H,28,32). The average Bonchev–Trinajstić information content (AvgIpc) is 3.29. The highest BCUT2D eigenvalue weighted by Gasteiger charge is 2.18. The van der Waals surface area contributed by atoms with Crippen LogP contribution in [0.5, 0.6) is 5.75 Å². The number of alkyl halides is 2. The quantitative estimate of drug-likeness (QED) is 0.270. The second kappa shape index (κ2) is 11.8. The number of nitrogens with zero attached hydrogens (tertiary/aromatic N) is 4. The number of thioether (sulfide) groups is 2. The van der Waals surface area contributed by atoms with Gasteiger partial charge in [-0.1, -0.05) is 23.5 Å². The molecule has 0 aliphatic carbocycles. The normalized spacial score (nSPS) is 11.0. The van der Waals surface area contributed by atoms with Crippen LogP contribution in [0.2, 0.25) is 0 Å². The van der Waals surface area contributed by atoms with E-state index >= 15 is 0 Å². The predicted octanol–water partition coefficient (Wildman–Crippen LogP) is 5.77. The number of anilines is 1. The van der Waals surface area contributed by atoms with Crippen molar-refractivity contribution in [3.05, 3.63) is 73.1 Å². The van der Waals surface area contributed by atoms with E-state index < -0.39 is 5.76 Å². The smallest absolute Gasteiger partial charge is 0.288 e. The van der Waals surface area contributed by atoms with Crippen LogP contribution < -0.4 is 10.1 Å². The lowest BCUT2D eigenvalue weighted by atomic mass is 10.2. The zero-order valence-corrected chi connectivity index (χ0v) is 20.2. The van der Waals surface area contributed by atoms with Crippen LogP contribution in [0.1, 0.15) is 6.92 Å². The third-order valence-electron chi connectivity index (χ3n) is 4.65. The molecule has 1 N–H and O–H groups in total. The molecule has 180 valence electrons. The van der Waals surface area contributed by atoms with Crippen molar-refractivity contribution in [1.82, 2.24) is 19.7 Å². The molecule has 7 nitrogen and oxygen atoms in total. The minimum atomic E-state index is -2.49. The van der Waals surface area contributed by atoms with Gasteiger partial charge >= 0.3 is 0 Å². The minimum Gasteiger partial charge on any atom is -0.494 e. The summed E-state index contributed by atoms with van der Waals surface area (Å²) in [5, 5.41) is 12.0. The first-order chi connectivity index (χ1) is 17.0. The van der Waals surface area contributed by atoms with Gasteiger partial charge in [-0.05, 0) is 67.6 Å². The first kappa shape index (κ1) is 24.7. The largest absolute Gasteiger partial charge is 0.494 e. The van der Waals surface area contributed by atoms with E-state index in [0.29, 0.717) is 39.9 Å². The topological polar surface area (TPSA) is 81.9 Å². The number of hydrogen-bond acceptors (Lipinski definition) is 7. The second-order valence-corrected chi connectivity index (χ2v) is 9.06. The second-order valence-electron chi connectivity index (χ2n) is 7.05. The molecule has 0 spiro atoms. The highest BCUT2D eigenvalue weighted by atomic mass is 32.2. The Labute approximate surface area is 209 Å². The van der Waals surface area contributed by atoms with Crippen LogP contribution in [0, 0.1) is 0 Å². The fourth-order valence-corrected chi connectivity index (χ4v) is 4.43. The molecule has 11 heteroatoms. The van der Waals surface area contributed by atoms with Crippen molar-refractivity contribution >= 4 is 35.1 Å². The van der Waals surface area contributed by atoms with E-state index in [1.807, 2.05) is 47.9 Å². The molecule has 0 fully saturated rings.